The fourth-order valence-electron chi connectivity index (χ4n) is 3.58. The molecule has 4 N–H and O–H groups in total. The second-order valence-corrected chi connectivity index (χ2v) is 8.01. The van der Waals surface area contributed by atoms with Gasteiger partial charge in [0.15, 0.2) is 0 Å². The van der Waals surface area contributed by atoms with Crippen molar-refractivity contribution in [1.82, 2.24) is 0 Å². The van der Waals surface area contributed by atoms with Gasteiger partial charge in [-0.25, -0.2) is 0 Å². The maximum absolute atomic E-state index is 11.7. The molecule has 0 saturated carbocycles. The highest BCUT2D eigenvalue weighted by atomic mass is 35.5. The topological polar surface area (TPSA) is 57.1 Å². The van der Waals surface area contributed by atoms with Crippen molar-refractivity contribution in [3.05, 3.63) is 94.2 Å². The summed E-state index contributed by atoms with van der Waals surface area (Å²) in [4.78, 5) is 0. The van der Waals surface area contributed by atoms with Gasteiger partial charge in [-0.1, -0.05) is 67.6 Å². The SMILES string of the molecule is CC([NH2+]CC(C)C(O)(c1ccccc1)c1ccsc1)C(O)c1ccccc1.[Cl-]. The van der Waals surface area contributed by atoms with Crippen LogP contribution in [-0.4, -0.2) is 22.8 Å². The van der Waals surface area contributed by atoms with Crippen molar-refractivity contribution in [2.24, 2.45) is 5.92 Å². The molecule has 1 aromatic heterocycles. The van der Waals surface area contributed by atoms with E-state index in [4.69, 9.17) is 0 Å². The summed E-state index contributed by atoms with van der Waals surface area (Å²) in [5.74, 6) is -0.0278. The van der Waals surface area contributed by atoms with Gasteiger partial charge in [-0.3, -0.25) is 0 Å². The molecule has 3 aromatic rings. The highest BCUT2D eigenvalue weighted by molar-refractivity contribution is 7.08. The van der Waals surface area contributed by atoms with Crippen molar-refractivity contribution in [3.63, 3.8) is 0 Å². The lowest BCUT2D eigenvalue weighted by molar-refractivity contribution is -0.700. The van der Waals surface area contributed by atoms with Crippen LogP contribution in [0.2, 0.25) is 0 Å². The Morgan fingerprint density at radius 2 is 1.54 bits per heavy atom. The number of quaternary nitrogens is 1. The molecular weight excluding hydrogens is 390 g/mol. The number of thiophene rings is 1. The molecule has 28 heavy (non-hydrogen) atoms. The smallest absolute Gasteiger partial charge is 0.130 e. The third kappa shape index (κ3) is 4.83. The van der Waals surface area contributed by atoms with Gasteiger partial charge in [-0.05, 0) is 40.4 Å². The van der Waals surface area contributed by atoms with Gasteiger partial charge in [0.05, 0.1) is 6.54 Å². The van der Waals surface area contributed by atoms with E-state index in [-0.39, 0.29) is 24.4 Å². The molecule has 0 amide bonds. The molecule has 3 nitrogen and oxygen atoms in total. The van der Waals surface area contributed by atoms with Gasteiger partial charge in [-0.2, -0.15) is 11.3 Å². The van der Waals surface area contributed by atoms with Crippen LogP contribution in [0.5, 0.6) is 0 Å². The van der Waals surface area contributed by atoms with Crippen LogP contribution < -0.4 is 17.7 Å². The zero-order valence-electron chi connectivity index (χ0n) is 16.2. The Labute approximate surface area is 177 Å². The summed E-state index contributed by atoms with van der Waals surface area (Å²) in [5.41, 5.74) is 1.70. The molecule has 0 aliphatic carbocycles. The van der Waals surface area contributed by atoms with Crippen LogP contribution in [0.1, 0.15) is 36.6 Å². The number of benzene rings is 2. The second-order valence-electron chi connectivity index (χ2n) is 7.23. The molecule has 4 unspecified atom stereocenters. The first kappa shape index (κ1) is 22.6. The molecule has 0 spiro atoms. The number of hydrogen-bond donors (Lipinski definition) is 3. The summed E-state index contributed by atoms with van der Waals surface area (Å²) in [6.45, 7) is 4.80. The van der Waals surface area contributed by atoms with Crippen molar-refractivity contribution in [1.29, 1.82) is 0 Å². The van der Waals surface area contributed by atoms with E-state index in [0.717, 1.165) is 16.7 Å². The Morgan fingerprint density at radius 3 is 2.11 bits per heavy atom. The first-order valence-corrected chi connectivity index (χ1v) is 10.3. The van der Waals surface area contributed by atoms with Gasteiger partial charge in [0.2, 0.25) is 0 Å². The summed E-state index contributed by atoms with van der Waals surface area (Å²) in [6, 6.07) is 21.6. The van der Waals surface area contributed by atoms with Crippen molar-refractivity contribution in [2.75, 3.05) is 6.54 Å². The largest absolute Gasteiger partial charge is 1.00 e. The van der Waals surface area contributed by atoms with Gasteiger partial charge >= 0.3 is 0 Å². The number of hydrogen-bond acceptors (Lipinski definition) is 3. The Hall–Kier alpha value is -1.69. The first-order valence-electron chi connectivity index (χ1n) is 9.40. The van der Waals surface area contributed by atoms with Crippen LogP contribution in [0.3, 0.4) is 0 Å². The van der Waals surface area contributed by atoms with Crippen LogP contribution in [0.4, 0.5) is 0 Å². The molecule has 0 saturated heterocycles. The first-order chi connectivity index (χ1) is 13.0. The molecule has 1 heterocycles. The summed E-state index contributed by atoms with van der Waals surface area (Å²) >= 11 is 1.59. The van der Waals surface area contributed by atoms with Crippen LogP contribution in [-0.2, 0) is 5.60 Å². The monoisotopic (exact) mass is 417 g/mol. The standard InChI is InChI=1S/C23H27NO2S.ClH/c1-17(15-24-18(2)22(25)19-9-5-3-6-10-19)23(26,21-13-14-27-16-21)20-11-7-4-8-12-20;/h3-14,16-18,22,24-26H,15H2,1-2H3;1H. The zero-order chi connectivity index (χ0) is 19.3. The third-order valence-electron chi connectivity index (χ3n) is 5.39. The molecule has 2 aromatic carbocycles. The summed E-state index contributed by atoms with van der Waals surface area (Å²) in [5, 5.41) is 28.5. The van der Waals surface area contributed by atoms with E-state index in [0.29, 0.717) is 6.54 Å². The van der Waals surface area contributed by atoms with Gasteiger partial charge in [-0.15, -0.1) is 0 Å². The molecule has 150 valence electrons. The lowest BCUT2D eigenvalue weighted by Gasteiger charge is -2.34. The van der Waals surface area contributed by atoms with E-state index < -0.39 is 11.7 Å². The lowest BCUT2D eigenvalue weighted by atomic mass is 9.78. The van der Waals surface area contributed by atoms with Crippen molar-refractivity contribution < 1.29 is 27.9 Å². The van der Waals surface area contributed by atoms with E-state index in [1.165, 1.54) is 0 Å². The highest BCUT2D eigenvalue weighted by Gasteiger charge is 2.39. The molecule has 0 aliphatic heterocycles. The lowest BCUT2D eigenvalue weighted by Crippen LogP contribution is -3.00. The highest BCUT2D eigenvalue weighted by Crippen LogP contribution is 2.37. The van der Waals surface area contributed by atoms with E-state index in [1.807, 2.05) is 84.4 Å². The molecule has 0 fully saturated rings. The third-order valence-corrected chi connectivity index (χ3v) is 6.07. The summed E-state index contributed by atoms with van der Waals surface area (Å²) in [7, 11) is 0. The maximum atomic E-state index is 11.7. The molecule has 0 aliphatic rings. The zero-order valence-corrected chi connectivity index (χ0v) is 17.8. The van der Waals surface area contributed by atoms with Crippen LogP contribution in [0.25, 0.3) is 0 Å². The van der Waals surface area contributed by atoms with Crippen LogP contribution >= 0.6 is 11.3 Å². The van der Waals surface area contributed by atoms with Gasteiger partial charge in [0.1, 0.15) is 17.7 Å². The van der Waals surface area contributed by atoms with E-state index in [2.05, 4.69) is 12.2 Å². The normalized spacial score (nSPS) is 16.4. The molecular formula is C23H28ClNO2S. The molecule has 0 bridgehead atoms. The summed E-state index contributed by atoms with van der Waals surface area (Å²) in [6.07, 6.45) is -0.538. The predicted octanol–water partition coefficient (Wildman–Crippen LogP) is 0.310. The minimum Gasteiger partial charge on any atom is -1.00 e. The molecule has 3 rings (SSSR count). The number of rotatable bonds is 8. The number of halogens is 1. The Morgan fingerprint density at radius 1 is 0.929 bits per heavy atom. The molecule has 0 radical (unpaired) electrons. The van der Waals surface area contributed by atoms with Crippen molar-refractivity contribution in [2.45, 2.75) is 31.6 Å². The van der Waals surface area contributed by atoms with Crippen molar-refractivity contribution >= 4 is 11.3 Å². The van der Waals surface area contributed by atoms with Crippen LogP contribution in [0.15, 0.2) is 77.5 Å². The minimum absolute atomic E-state index is 0. The van der Waals surface area contributed by atoms with E-state index >= 15 is 0 Å². The van der Waals surface area contributed by atoms with Crippen molar-refractivity contribution in [3.8, 4) is 0 Å². The van der Waals surface area contributed by atoms with Gasteiger partial charge in [0, 0.05) is 5.92 Å². The average molecular weight is 418 g/mol. The number of nitrogens with two attached hydrogens (primary N) is 1. The Kier molecular flexibility index (Phi) is 8.23. The second kappa shape index (κ2) is 10.2. The molecule has 5 heteroatoms. The minimum atomic E-state index is -1.05. The predicted molar refractivity (Wildman–Crippen MR) is 111 cm³/mol. The molecule has 4 atom stereocenters. The Balaban J connectivity index is 0.00000280. The maximum Gasteiger partial charge on any atom is 0.130 e. The van der Waals surface area contributed by atoms with Gasteiger partial charge < -0.3 is 27.9 Å². The Bertz CT molecular complexity index is 813. The summed E-state index contributed by atoms with van der Waals surface area (Å²) < 4.78 is 0. The number of aliphatic hydroxyl groups excluding tert-OH is 1. The van der Waals surface area contributed by atoms with E-state index in [1.54, 1.807) is 11.3 Å². The van der Waals surface area contributed by atoms with Crippen LogP contribution in [0, 0.1) is 5.92 Å². The number of aliphatic hydroxyl groups is 2. The average Bonchev–Trinajstić information content (AvgIpc) is 3.27. The fraction of sp³-hybridized carbons (Fsp3) is 0.304. The van der Waals surface area contributed by atoms with Gasteiger partial charge in [0.25, 0.3) is 0 Å². The quantitative estimate of drug-likeness (QED) is 0.494. The fourth-order valence-corrected chi connectivity index (χ4v) is 4.29. The van der Waals surface area contributed by atoms with E-state index in [9.17, 15) is 10.2 Å².